The van der Waals surface area contributed by atoms with E-state index in [1.807, 2.05) is 27.8 Å². The predicted octanol–water partition coefficient (Wildman–Crippen LogP) is 0.527. The molecule has 1 amide bonds. The van der Waals surface area contributed by atoms with Crippen molar-refractivity contribution in [3.05, 3.63) is 0 Å². The molecular weight excluding hydrogens is 180 g/mol. The normalized spacial score (nSPS) is 11.4. The Bertz CT molecular complexity index is 170. The summed E-state index contributed by atoms with van der Waals surface area (Å²) in [5, 5.41) is 5.77. The molecule has 4 heteroatoms. The van der Waals surface area contributed by atoms with Crippen molar-refractivity contribution >= 4 is 5.91 Å². The highest BCUT2D eigenvalue weighted by atomic mass is 16.5. The minimum absolute atomic E-state index is 0.0622. The summed E-state index contributed by atoms with van der Waals surface area (Å²) in [5.74, 6) is 0.0622. The van der Waals surface area contributed by atoms with Gasteiger partial charge in [0.25, 0.3) is 0 Å². The Morgan fingerprint density at radius 3 is 2.57 bits per heavy atom. The van der Waals surface area contributed by atoms with Gasteiger partial charge in [-0.1, -0.05) is 0 Å². The van der Waals surface area contributed by atoms with E-state index in [1.165, 1.54) is 0 Å². The molecule has 14 heavy (non-hydrogen) atoms. The van der Waals surface area contributed by atoms with Crippen molar-refractivity contribution in [1.82, 2.24) is 10.6 Å². The minimum Gasteiger partial charge on any atom is -0.374 e. The topological polar surface area (TPSA) is 50.4 Å². The van der Waals surface area contributed by atoms with Crippen LogP contribution in [0.5, 0.6) is 0 Å². The first-order valence-electron chi connectivity index (χ1n) is 5.07. The van der Waals surface area contributed by atoms with Crippen LogP contribution in [0.1, 0.15) is 27.2 Å². The van der Waals surface area contributed by atoms with Gasteiger partial charge in [0.15, 0.2) is 0 Å². The fourth-order valence-electron chi connectivity index (χ4n) is 1.08. The maximum Gasteiger partial charge on any atom is 0.221 e. The zero-order valence-corrected chi connectivity index (χ0v) is 9.64. The van der Waals surface area contributed by atoms with Crippen LogP contribution in [0.4, 0.5) is 0 Å². The fraction of sp³-hybridized carbons (Fsp3) is 0.900. The molecule has 0 aromatic rings. The van der Waals surface area contributed by atoms with Gasteiger partial charge in [0.1, 0.15) is 0 Å². The predicted molar refractivity (Wildman–Crippen MR) is 57.3 cm³/mol. The fourth-order valence-corrected chi connectivity index (χ4v) is 1.08. The highest BCUT2D eigenvalue weighted by molar-refractivity contribution is 5.76. The average molecular weight is 202 g/mol. The molecule has 0 heterocycles. The molecule has 4 nitrogen and oxygen atoms in total. The van der Waals surface area contributed by atoms with Gasteiger partial charge in [-0.2, -0.15) is 0 Å². The molecule has 0 rings (SSSR count). The molecule has 0 aromatic heterocycles. The molecule has 0 aliphatic rings. The van der Waals surface area contributed by atoms with Crippen LogP contribution in [0.3, 0.4) is 0 Å². The second kappa shape index (κ2) is 6.79. The molecule has 84 valence electrons. The van der Waals surface area contributed by atoms with Crippen molar-refractivity contribution < 1.29 is 9.53 Å². The Morgan fingerprint density at radius 2 is 2.07 bits per heavy atom. The maximum absolute atomic E-state index is 11.2. The van der Waals surface area contributed by atoms with Crippen LogP contribution >= 0.6 is 0 Å². The summed E-state index contributed by atoms with van der Waals surface area (Å²) in [4.78, 5) is 11.2. The van der Waals surface area contributed by atoms with Crippen LogP contribution in [0.2, 0.25) is 0 Å². The van der Waals surface area contributed by atoms with Crippen LogP contribution in [-0.4, -0.2) is 38.3 Å². The molecule has 2 N–H and O–H groups in total. The van der Waals surface area contributed by atoms with Crippen molar-refractivity contribution in [2.24, 2.45) is 0 Å². The lowest BCUT2D eigenvalue weighted by molar-refractivity contribution is -0.122. The summed E-state index contributed by atoms with van der Waals surface area (Å²) in [7, 11) is 1.83. The monoisotopic (exact) mass is 202 g/mol. The summed E-state index contributed by atoms with van der Waals surface area (Å²) in [6.45, 7) is 7.82. The van der Waals surface area contributed by atoms with Gasteiger partial charge in [0, 0.05) is 26.1 Å². The molecular formula is C10H22N2O2. The molecule has 0 aromatic carbocycles. The number of hydrogen-bond acceptors (Lipinski definition) is 3. The molecule has 0 radical (unpaired) electrons. The molecule has 0 aliphatic carbocycles. The van der Waals surface area contributed by atoms with Crippen molar-refractivity contribution in [1.29, 1.82) is 0 Å². The largest absolute Gasteiger partial charge is 0.374 e. The van der Waals surface area contributed by atoms with Gasteiger partial charge < -0.3 is 15.4 Å². The van der Waals surface area contributed by atoms with Crippen molar-refractivity contribution in [3.8, 4) is 0 Å². The molecule has 0 unspecified atom stereocenters. The average Bonchev–Trinajstić information content (AvgIpc) is 2.11. The van der Waals surface area contributed by atoms with E-state index in [4.69, 9.17) is 4.74 Å². The summed E-state index contributed by atoms with van der Waals surface area (Å²) in [5.41, 5.74) is -0.274. The standard InChI is InChI=1S/C10H22N2O2/c1-5-14-10(2,3)8-12-9(13)6-7-11-4/h11H,5-8H2,1-4H3,(H,12,13). The number of nitrogens with one attached hydrogen (secondary N) is 2. The van der Waals surface area contributed by atoms with E-state index in [2.05, 4.69) is 10.6 Å². The Balaban J connectivity index is 3.64. The number of carbonyl (C=O) groups excluding carboxylic acids is 1. The third kappa shape index (κ3) is 6.86. The van der Waals surface area contributed by atoms with Crippen LogP contribution < -0.4 is 10.6 Å². The van der Waals surface area contributed by atoms with Gasteiger partial charge in [0.2, 0.25) is 5.91 Å². The minimum atomic E-state index is -0.274. The van der Waals surface area contributed by atoms with E-state index in [-0.39, 0.29) is 11.5 Å². The van der Waals surface area contributed by atoms with Gasteiger partial charge in [-0.05, 0) is 27.8 Å². The molecule has 0 aliphatic heterocycles. The quantitative estimate of drug-likeness (QED) is 0.633. The van der Waals surface area contributed by atoms with Crippen LogP contribution in [0, 0.1) is 0 Å². The van der Waals surface area contributed by atoms with E-state index in [9.17, 15) is 4.79 Å². The summed E-state index contributed by atoms with van der Waals surface area (Å²) < 4.78 is 5.45. The number of rotatable bonds is 7. The highest BCUT2D eigenvalue weighted by Gasteiger charge is 2.17. The molecule has 0 saturated heterocycles. The van der Waals surface area contributed by atoms with Gasteiger partial charge in [0.05, 0.1) is 5.60 Å². The zero-order chi connectivity index (χ0) is 11.0. The summed E-state index contributed by atoms with van der Waals surface area (Å²) >= 11 is 0. The van der Waals surface area contributed by atoms with Gasteiger partial charge in [-0.3, -0.25) is 4.79 Å². The molecule has 0 spiro atoms. The van der Waals surface area contributed by atoms with Crippen LogP contribution in [0.25, 0.3) is 0 Å². The Labute approximate surface area is 86.4 Å². The lowest BCUT2D eigenvalue weighted by atomic mass is 10.1. The zero-order valence-electron chi connectivity index (χ0n) is 9.64. The van der Waals surface area contributed by atoms with Crippen LogP contribution in [-0.2, 0) is 9.53 Å². The second-order valence-electron chi connectivity index (χ2n) is 3.82. The summed E-state index contributed by atoms with van der Waals surface area (Å²) in [6, 6.07) is 0. The smallest absolute Gasteiger partial charge is 0.221 e. The number of amides is 1. The number of hydrogen-bond donors (Lipinski definition) is 2. The van der Waals surface area contributed by atoms with Crippen molar-refractivity contribution in [2.75, 3.05) is 26.7 Å². The first-order chi connectivity index (χ1) is 6.52. The Kier molecular flexibility index (Phi) is 6.49. The van der Waals surface area contributed by atoms with E-state index >= 15 is 0 Å². The molecule has 0 fully saturated rings. The first kappa shape index (κ1) is 13.4. The van der Waals surface area contributed by atoms with E-state index in [0.29, 0.717) is 26.1 Å². The number of ether oxygens (including phenoxy) is 1. The molecule has 0 bridgehead atoms. The highest BCUT2D eigenvalue weighted by Crippen LogP contribution is 2.06. The van der Waals surface area contributed by atoms with Crippen LogP contribution in [0.15, 0.2) is 0 Å². The Hall–Kier alpha value is -0.610. The lowest BCUT2D eigenvalue weighted by Crippen LogP contribution is -2.41. The van der Waals surface area contributed by atoms with E-state index in [1.54, 1.807) is 0 Å². The maximum atomic E-state index is 11.2. The van der Waals surface area contributed by atoms with Crippen molar-refractivity contribution in [2.45, 2.75) is 32.8 Å². The first-order valence-corrected chi connectivity index (χ1v) is 5.07. The van der Waals surface area contributed by atoms with E-state index < -0.39 is 0 Å². The van der Waals surface area contributed by atoms with Gasteiger partial charge in [-0.25, -0.2) is 0 Å². The van der Waals surface area contributed by atoms with Gasteiger partial charge in [-0.15, -0.1) is 0 Å². The SMILES string of the molecule is CCOC(C)(C)CNC(=O)CCNC. The molecule has 0 saturated carbocycles. The van der Waals surface area contributed by atoms with Crippen molar-refractivity contribution in [3.63, 3.8) is 0 Å². The van der Waals surface area contributed by atoms with Gasteiger partial charge >= 0.3 is 0 Å². The third-order valence-corrected chi connectivity index (χ3v) is 1.85. The Morgan fingerprint density at radius 1 is 1.43 bits per heavy atom. The van der Waals surface area contributed by atoms with E-state index in [0.717, 1.165) is 0 Å². The lowest BCUT2D eigenvalue weighted by Gasteiger charge is -2.24. The summed E-state index contributed by atoms with van der Waals surface area (Å²) in [6.07, 6.45) is 0.513. The third-order valence-electron chi connectivity index (χ3n) is 1.85. The second-order valence-corrected chi connectivity index (χ2v) is 3.82. The molecule has 0 atom stereocenters. The number of carbonyl (C=O) groups is 1.